The molecule has 3 aromatic carbocycles. The second-order valence-electron chi connectivity index (χ2n) is 11.6. The molecule has 0 heterocycles. The first-order valence-corrected chi connectivity index (χ1v) is 14.4. The first kappa shape index (κ1) is 32.8. The summed E-state index contributed by atoms with van der Waals surface area (Å²) in [7, 11) is 3.35. The number of hydrogen-bond acceptors (Lipinski definition) is 6. The second kappa shape index (κ2) is 16.1. The Morgan fingerprint density at radius 2 is 1.19 bits per heavy atom. The molecule has 0 saturated carbocycles. The predicted octanol–water partition coefficient (Wildman–Crippen LogP) is 4.56. The van der Waals surface area contributed by atoms with Gasteiger partial charge in [0.25, 0.3) is 0 Å². The van der Waals surface area contributed by atoms with Gasteiger partial charge < -0.3 is 25.3 Å². The molecular formula is C34H45N3O5. The fourth-order valence-corrected chi connectivity index (χ4v) is 4.81. The zero-order chi connectivity index (χ0) is 30.5. The number of nitrogens with zero attached hydrogens (tertiary/aromatic N) is 1. The second-order valence-corrected chi connectivity index (χ2v) is 11.6. The summed E-state index contributed by atoms with van der Waals surface area (Å²) in [5.74, 6) is -0.660. The minimum absolute atomic E-state index is 0.210. The van der Waals surface area contributed by atoms with Gasteiger partial charge in [-0.15, -0.1) is 0 Å². The largest absolute Gasteiger partial charge is 0.444 e. The number of carbonyl (C=O) groups is 2. The number of aliphatic hydroxyl groups excluding tert-OH is 1. The van der Waals surface area contributed by atoms with Gasteiger partial charge >= 0.3 is 6.09 Å². The van der Waals surface area contributed by atoms with Gasteiger partial charge in [0, 0.05) is 13.6 Å². The molecule has 0 aromatic heterocycles. The van der Waals surface area contributed by atoms with Gasteiger partial charge in [0.1, 0.15) is 5.60 Å². The Labute approximate surface area is 250 Å². The number of benzene rings is 3. The zero-order valence-corrected chi connectivity index (χ0v) is 25.3. The highest BCUT2D eigenvalue weighted by atomic mass is 16.7. The smallest absolute Gasteiger partial charge is 0.407 e. The Hall–Kier alpha value is -3.72. The maximum absolute atomic E-state index is 13.9. The average Bonchev–Trinajstić information content (AvgIpc) is 2.96. The molecule has 0 aliphatic rings. The number of nitrogens with one attached hydrogen (secondary N) is 2. The molecule has 42 heavy (non-hydrogen) atoms. The molecule has 4 unspecified atom stereocenters. The van der Waals surface area contributed by atoms with E-state index >= 15 is 0 Å². The third kappa shape index (κ3) is 11.3. The predicted molar refractivity (Wildman–Crippen MR) is 165 cm³/mol. The van der Waals surface area contributed by atoms with E-state index in [0.717, 1.165) is 16.7 Å². The van der Waals surface area contributed by atoms with Crippen molar-refractivity contribution < 1.29 is 24.3 Å². The molecule has 226 valence electrons. The number of hydroxylamine groups is 2. The van der Waals surface area contributed by atoms with E-state index < -0.39 is 35.8 Å². The van der Waals surface area contributed by atoms with Gasteiger partial charge in [-0.1, -0.05) is 91.0 Å². The topological polar surface area (TPSA) is 100 Å². The number of ether oxygens (including phenoxy) is 1. The lowest BCUT2D eigenvalue weighted by Gasteiger charge is -2.33. The van der Waals surface area contributed by atoms with Gasteiger partial charge in [-0.05, 0) is 56.7 Å². The summed E-state index contributed by atoms with van der Waals surface area (Å²) in [5.41, 5.74) is 2.20. The zero-order valence-electron chi connectivity index (χ0n) is 25.3. The van der Waals surface area contributed by atoms with Crippen molar-refractivity contribution in [3.63, 3.8) is 0 Å². The molecule has 0 aliphatic carbocycles. The van der Waals surface area contributed by atoms with E-state index in [9.17, 15) is 14.7 Å². The molecule has 2 amide bonds. The molecule has 8 heteroatoms. The van der Waals surface area contributed by atoms with Crippen molar-refractivity contribution in [2.75, 3.05) is 20.7 Å². The lowest BCUT2D eigenvalue weighted by atomic mass is 9.91. The number of alkyl carbamates (subject to hydrolysis) is 1. The van der Waals surface area contributed by atoms with Crippen LogP contribution in [0.25, 0.3) is 0 Å². The molecular weight excluding hydrogens is 530 g/mol. The summed E-state index contributed by atoms with van der Waals surface area (Å²) in [6.07, 6.45) is -0.538. The van der Waals surface area contributed by atoms with E-state index in [1.54, 1.807) is 40.0 Å². The van der Waals surface area contributed by atoms with Gasteiger partial charge in [-0.2, -0.15) is 5.06 Å². The molecule has 0 spiro atoms. The van der Waals surface area contributed by atoms with Crippen molar-refractivity contribution in [2.45, 2.75) is 63.8 Å². The highest BCUT2D eigenvalue weighted by molar-refractivity contribution is 5.79. The van der Waals surface area contributed by atoms with E-state index in [1.165, 1.54) is 0 Å². The Morgan fingerprint density at radius 3 is 1.62 bits per heavy atom. The SMILES string of the molecule is CON(C)CC(Cc1ccccc1)C(=O)NC(Cc1ccccc1)C(O)C(Cc1ccccc1)NC(=O)OC(C)(C)C. The van der Waals surface area contributed by atoms with E-state index in [-0.39, 0.29) is 5.91 Å². The lowest BCUT2D eigenvalue weighted by molar-refractivity contribution is -0.140. The third-order valence-electron chi connectivity index (χ3n) is 6.94. The molecule has 0 radical (unpaired) electrons. The summed E-state index contributed by atoms with van der Waals surface area (Å²) in [4.78, 5) is 32.1. The number of hydrogen-bond donors (Lipinski definition) is 3. The highest BCUT2D eigenvalue weighted by Crippen LogP contribution is 2.17. The number of carbonyl (C=O) groups excluding carboxylic acids is 2. The molecule has 8 nitrogen and oxygen atoms in total. The van der Waals surface area contributed by atoms with Crippen molar-refractivity contribution in [3.8, 4) is 0 Å². The fraction of sp³-hybridized carbons (Fsp3) is 0.412. The monoisotopic (exact) mass is 575 g/mol. The van der Waals surface area contributed by atoms with Crippen molar-refractivity contribution in [3.05, 3.63) is 108 Å². The van der Waals surface area contributed by atoms with E-state index in [0.29, 0.717) is 25.8 Å². The Balaban J connectivity index is 1.90. The van der Waals surface area contributed by atoms with Gasteiger partial charge in [-0.25, -0.2) is 4.79 Å². The average molecular weight is 576 g/mol. The van der Waals surface area contributed by atoms with Crippen molar-refractivity contribution in [2.24, 2.45) is 5.92 Å². The van der Waals surface area contributed by atoms with Crippen LogP contribution in [0.1, 0.15) is 37.5 Å². The molecule has 0 bridgehead atoms. The van der Waals surface area contributed by atoms with Crippen molar-refractivity contribution in [1.82, 2.24) is 15.7 Å². The summed E-state index contributed by atoms with van der Waals surface area (Å²) in [6, 6.07) is 27.7. The van der Waals surface area contributed by atoms with Crippen LogP contribution in [0.5, 0.6) is 0 Å². The maximum Gasteiger partial charge on any atom is 0.407 e. The molecule has 3 rings (SSSR count). The molecule has 4 atom stereocenters. The first-order chi connectivity index (χ1) is 20.0. The van der Waals surface area contributed by atoms with Gasteiger partial charge in [0.05, 0.1) is 31.2 Å². The minimum Gasteiger partial charge on any atom is -0.444 e. The van der Waals surface area contributed by atoms with Crippen LogP contribution < -0.4 is 10.6 Å². The molecule has 3 N–H and O–H groups in total. The van der Waals surface area contributed by atoms with Crippen LogP contribution in [-0.2, 0) is 33.6 Å². The summed E-state index contributed by atoms with van der Waals surface area (Å²) in [5, 5.41) is 19.5. The molecule has 3 aromatic rings. The van der Waals surface area contributed by atoms with Crippen LogP contribution in [0.3, 0.4) is 0 Å². The van der Waals surface area contributed by atoms with Crippen LogP contribution >= 0.6 is 0 Å². The summed E-state index contributed by atoms with van der Waals surface area (Å²) in [6.45, 7) is 5.72. The number of rotatable bonds is 14. The van der Waals surface area contributed by atoms with Gasteiger partial charge in [0.2, 0.25) is 5.91 Å². The Kier molecular flexibility index (Phi) is 12.5. The Bertz CT molecular complexity index is 1220. The lowest BCUT2D eigenvalue weighted by Crippen LogP contribution is -2.57. The Morgan fingerprint density at radius 1 is 0.762 bits per heavy atom. The van der Waals surface area contributed by atoms with E-state index in [1.807, 2.05) is 91.0 Å². The molecule has 0 aliphatic heterocycles. The highest BCUT2D eigenvalue weighted by Gasteiger charge is 2.33. The van der Waals surface area contributed by atoms with E-state index in [2.05, 4.69) is 10.6 Å². The van der Waals surface area contributed by atoms with Crippen LogP contribution in [0.4, 0.5) is 4.79 Å². The van der Waals surface area contributed by atoms with Crippen LogP contribution in [-0.4, -0.2) is 66.7 Å². The maximum atomic E-state index is 13.9. The number of amides is 2. The third-order valence-corrected chi connectivity index (χ3v) is 6.94. The molecule has 0 saturated heterocycles. The van der Waals surface area contributed by atoms with Crippen molar-refractivity contribution in [1.29, 1.82) is 0 Å². The standard InChI is InChI=1S/C34H45N3O5/c1-34(2,3)42-33(40)36-30(23-27-19-13-8-14-20-27)31(38)29(22-26-17-11-7-12-18-26)35-32(39)28(24-37(4)41-5)21-25-15-9-6-10-16-25/h6-20,28-31,38H,21-24H2,1-5H3,(H,35,39)(H,36,40). The minimum atomic E-state index is -1.13. The number of aliphatic hydroxyl groups is 1. The summed E-state index contributed by atoms with van der Waals surface area (Å²) >= 11 is 0. The fourth-order valence-electron chi connectivity index (χ4n) is 4.81. The van der Waals surface area contributed by atoms with Crippen LogP contribution in [0, 0.1) is 5.92 Å². The van der Waals surface area contributed by atoms with Crippen LogP contribution in [0.2, 0.25) is 0 Å². The van der Waals surface area contributed by atoms with Gasteiger partial charge in [0.15, 0.2) is 0 Å². The summed E-state index contributed by atoms with van der Waals surface area (Å²) < 4.78 is 5.53. The van der Waals surface area contributed by atoms with E-state index in [4.69, 9.17) is 9.57 Å². The van der Waals surface area contributed by atoms with Gasteiger partial charge in [-0.3, -0.25) is 4.79 Å². The normalized spacial score (nSPS) is 14.5. The van der Waals surface area contributed by atoms with Crippen LogP contribution in [0.15, 0.2) is 91.0 Å². The molecule has 0 fully saturated rings. The first-order valence-electron chi connectivity index (χ1n) is 14.4. The quantitative estimate of drug-likeness (QED) is 0.244. The van der Waals surface area contributed by atoms with Crippen molar-refractivity contribution >= 4 is 12.0 Å².